The number of thiophene rings is 1. The number of nitrogens with zero attached hydrogens (tertiary/aromatic N) is 4. The van der Waals surface area contributed by atoms with Crippen LogP contribution in [-0.2, 0) is 9.53 Å². The smallest absolute Gasteiger partial charge is 0.291 e. The van der Waals surface area contributed by atoms with Gasteiger partial charge in [-0.25, -0.2) is 4.68 Å². The molecule has 1 amide bonds. The molecule has 0 radical (unpaired) electrons. The quantitative estimate of drug-likeness (QED) is 0.593. The highest BCUT2D eigenvalue weighted by molar-refractivity contribution is 7.17. The number of morpholine rings is 1. The highest BCUT2D eigenvalue weighted by Gasteiger charge is 2.23. The predicted molar refractivity (Wildman–Crippen MR) is 114 cm³/mol. The lowest BCUT2D eigenvalue weighted by atomic mass is 10.2. The van der Waals surface area contributed by atoms with Gasteiger partial charge in [0.2, 0.25) is 5.91 Å². The minimum Gasteiger partial charge on any atom is -0.379 e. The Hall–Kier alpha value is -2.23. The molecular weight excluding hydrogens is 390 g/mol. The van der Waals surface area contributed by atoms with Gasteiger partial charge in [0, 0.05) is 19.6 Å². The molecule has 9 heteroatoms. The van der Waals surface area contributed by atoms with Gasteiger partial charge >= 0.3 is 0 Å². The van der Waals surface area contributed by atoms with E-state index < -0.39 is 6.04 Å². The summed E-state index contributed by atoms with van der Waals surface area (Å²) in [5.74, 6) is 0.549. The molecule has 1 unspecified atom stereocenters. The molecule has 1 N–H and O–H groups in total. The number of rotatable bonds is 7. The summed E-state index contributed by atoms with van der Waals surface area (Å²) in [6.07, 6.45) is 1.38. The molecule has 0 aromatic carbocycles. The molecular formula is C20H27N5O3S. The lowest BCUT2D eigenvalue weighted by molar-refractivity contribution is -0.124. The summed E-state index contributed by atoms with van der Waals surface area (Å²) < 4.78 is 9.62. The number of nitrogens with one attached hydrogen (secondary N) is 1. The van der Waals surface area contributed by atoms with Crippen molar-refractivity contribution >= 4 is 33.0 Å². The zero-order valence-electron chi connectivity index (χ0n) is 16.9. The topological polar surface area (TPSA) is 80.9 Å². The molecule has 1 aliphatic heterocycles. The Bertz CT molecular complexity index is 1060. The van der Waals surface area contributed by atoms with E-state index in [0.29, 0.717) is 24.3 Å². The van der Waals surface area contributed by atoms with Crippen molar-refractivity contribution in [1.82, 2.24) is 24.4 Å². The third-order valence-corrected chi connectivity index (χ3v) is 6.32. The van der Waals surface area contributed by atoms with E-state index in [1.807, 2.05) is 35.8 Å². The molecule has 29 heavy (non-hydrogen) atoms. The Kier molecular flexibility index (Phi) is 5.98. The van der Waals surface area contributed by atoms with Gasteiger partial charge in [-0.05, 0) is 43.8 Å². The van der Waals surface area contributed by atoms with Crippen molar-refractivity contribution in [2.45, 2.75) is 32.7 Å². The molecule has 1 aliphatic rings. The van der Waals surface area contributed by atoms with E-state index >= 15 is 0 Å². The van der Waals surface area contributed by atoms with Crippen LogP contribution in [0.2, 0.25) is 0 Å². The maximum atomic E-state index is 13.1. The number of aryl methyl sites for hydroxylation is 1. The number of fused-ring (bicyclic) bond motifs is 3. The summed E-state index contributed by atoms with van der Waals surface area (Å²) in [5.41, 5.74) is 1.33. The summed E-state index contributed by atoms with van der Waals surface area (Å²) in [5, 5.41) is 9.47. The molecule has 8 nitrogen and oxygen atoms in total. The number of aromatic nitrogens is 3. The summed E-state index contributed by atoms with van der Waals surface area (Å²) in [6.45, 7) is 8.73. The first kappa shape index (κ1) is 20.1. The van der Waals surface area contributed by atoms with Crippen LogP contribution in [0, 0.1) is 6.92 Å². The van der Waals surface area contributed by atoms with Crippen LogP contribution in [0.25, 0.3) is 15.7 Å². The van der Waals surface area contributed by atoms with E-state index in [9.17, 15) is 9.59 Å². The summed E-state index contributed by atoms with van der Waals surface area (Å²) in [7, 11) is 0. The highest BCUT2D eigenvalue weighted by atomic mass is 32.1. The van der Waals surface area contributed by atoms with Crippen LogP contribution in [0.1, 0.15) is 31.6 Å². The average Bonchev–Trinajstić information content (AvgIpc) is 3.32. The van der Waals surface area contributed by atoms with Crippen molar-refractivity contribution < 1.29 is 9.53 Å². The van der Waals surface area contributed by atoms with E-state index in [-0.39, 0.29) is 11.5 Å². The van der Waals surface area contributed by atoms with Crippen LogP contribution in [0.4, 0.5) is 0 Å². The first-order chi connectivity index (χ1) is 14.1. The Balaban J connectivity index is 1.48. The van der Waals surface area contributed by atoms with Crippen LogP contribution in [-0.4, -0.2) is 64.4 Å². The number of hydrogen-bond donors (Lipinski definition) is 1. The number of carbonyl (C=O) groups excluding carboxylic acids is 1. The van der Waals surface area contributed by atoms with Crippen LogP contribution in [0.3, 0.4) is 0 Å². The SMILES string of the molecule is CCC(C(=O)NCCCN1CCOCC1)n1nc(C)n2c(cc3sccc32)c1=O. The molecule has 0 aliphatic carbocycles. The third kappa shape index (κ3) is 3.94. The van der Waals surface area contributed by atoms with Gasteiger partial charge < -0.3 is 10.1 Å². The Morgan fingerprint density at radius 2 is 2.14 bits per heavy atom. The molecule has 0 spiro atoms. The summed E-state index contributed by atoms with van der Waals surface area (Å²) in [4.78, 5) is 28.2. The normalized spacial score (nSPS) is 16.5. The fourth-order valence-electron chi connectivity index (χ4n) is 3.93. The second-order valence-electron chi connectivity index (χ2n) is 7.35. The van der Waals surface area contributed by atoms with Crippen molar-refractivity contribution in [2.24, 2.45) is 0 Å². The van der Waals surface area contributed by atoms with Crippen LogP contribution >= 0.6 is 11.3 Å². The zero-order chi connectivity index (χ0) is 20.4. The van der Waals surface area contributed by atoms with Crippen LogP contribution in [0.15, 0.2) is 22.3 Å². The van der Waals surface area contributed by atoms with E-state index in [2.05, 4.69) is 15.3 Å². The number of hydrogen-bond acceptors (Lipinski definition) is 6. The second-order valence-corrected chi connectivity index (χ2v) is 8.30. The van der Waals surface area contributed by atoms with E-state index in [1.165, 1.54) is 4.68 Å². The summed E-state index contributed by atoms with van der Waals surface area (Å²) >= 11 is 1.59. The van der Waals surface area contributed by atoms with Crippen LogP contribution in [0.5, 0.6) is 0 Å². The second kappa shape index (κ2) is 8.64. The Morgan fingerprint density at radius 3 is 2.90 bits per heavy atom. The number of carbonyl (C=O) groups is 1. The van der Waals surface area contributed by atoms with Gasteiger partial charge in [-0.15, -0.1) is 11.3 Å². The van der Waals surface area contributed by atoms with Crippen molar-refractivity contribution in [3.8, 4) is 0 Å². The maximum Gasteiger partial charge on any atom is 0.291 e. The molecule has 1 saturated heterocycles. The molecule has 0 bridgehead atoms. The lowest BCUT2D eigenvalue weighted by Gasteiger charge is -2.26. The van der Waals surface area contributed by atoms with Crippen molar-refractivity contribution in [1.29, 1.82) is 0 Å². The average molecular weight is 418 g/mol. The van der Waals surface area contributed by atoms with Gasteiger partial charge in [0.1, 0.15) is 17.4 Å². The van der Waals surface area contributed by atoms with E-state index in [0.717, 1.165) is 49.5 Å². The van der Waals surface area contributed by atoms with Crippen molar-refractivity contribution in [3.05, 3.63) is 33.7 Å². The van der Waals surface area contributed by atoms with E-state index in [4.69, 9.17) is 4.74 Å². The minimum absolute atomic E-state index is 0.152. The Morgan fingerprint density at radius 1 is 1.34 bits per heavy atom. The third-order valence-electron chi connectivity index (χ3n) is 5.46. The maximum absolute atomic E-state index is 13.1. The molecule has 3 aromatic heterocycles. The number of ether oxygens (including phenoxy) is 1. The fourth-order valence-corrected chi connectivity index (χ4v) is 4.74. The molecule has 4 heterocycles. The van der Waals surface area contributed by atoms with Gasteiger partial charge in [-0.3, -0.25) is 18.9 Å². The standard InChI is InChI=1S/C20H27N5O3S/c1-3-15(19(26)21-6-4-7-23-8-10-28-11-9-23)25-20(27)17-13-18-16(5-12-29-18)24(17)14(2)22-25/h5,12-13,15H,3-4,6-11H2,1-2H3,(H,21,26). The van der Waals surface area contributed by atoms with Gasteiger partial charge in [0.25, 0.3) is 5.56 Å². The van der Waals surface area contributed by atoms with Gasteiger partial charge in [0.05, 0.1) is 23.4 Å². The molecule has 0 saturated carbocycles. The molecule has 1 atom stereocenters. The van der Waals surface area contributed by atoms with Crippen molar-refractivity contribution in [2.75, 3.05) is 39.4 Å². The number of amides is 1. The van der Waals surface area contributed by atoms with E-state index in [1.54, 1.807) is 11.3 Å². The minimum atomic E-state index is -0.609. The first-order valence-corrected chi connectivity index (χ1v) is 11.0. The zero-order valence-corrected chi connectivity index (χ0v) is 17.7. The Labute approximate surface area is 173 Å². The van der Waals surface area contributed by atoms with Gasteiger partial charge in [-0.1, -0.05) is 6.92 Å². The lowest BCUT2D eigenvalue weighted by Crippen LogP contribution is -2.41. The fraction of sp³-hybridized carbons (Fsp3) is 0.550. The largest absolute Gasteiger partial charge is 0.379 e. The van der Waals surface area contributed by atoms with Gasteiger partial charge in [0.15, 0.2) is 0 Å². The predicted octanol–water partition coefficient (Wildman–Crippen LogP) is 1.81. The summed E-state index contributed by atoms with van der Waals surface area (Å²) in [6, 6.07) is 3.27. The molecule has 156 valence electrons. The first-order valence-electron chi connectivity index (χ1n) is 10.2. The monoisotopic (exact) mass is 417 g/mol. The van der Waals surface area contributed by atoms with Crippen molar-refractivity contribution in [3.63, 3.8) is 0 Å². The molecule has 4 rings (SSSR count). The highest BCUT2D eigenvalue weighted by Crippen LogP contribution is 2.24. The molecule has 3 aromatic rings. The molecule has 1 fully saturated rings. The van der Waals surface area contributed by atoms with Crippen LogP contribution < -0.4 is 10.9 Å². The van der Waals surface area contributed by atoms with Gasteiger partial charge in [-0.2, -0.15) is 5.10 Å².